The number of benzene rings is 2. The molecule has 1 nitrogen and oxygen atoms in total. The third-order valence-electron chi connectivity index (χ3n) is 3.46. The van der Waals surface area contributed by atoms with Crippen molar-refractivity contribution < 1.29 is 0 Å². The Kier molecular flexibility index (Phi) is 6.34. The molecule has 2 rings (SSSR count). The van der Waals surface area contributed by atoms with Crippen molar-refractivity contribution in [2.75, 3.05) is 6.54 Å². The van der Waals surface area contributed by atoms with Crippen LogP contribution in [0.25, 0.3) is 0 Å². The minimum Gasteiger partial charge on any atom is -0.312 e. The normalized spacial score (nSPS) is 11.0. The van der Waals surface area contributed by atoms with Gasteiger partial charge < -0.3 is 5.32 Å². The Hall–Kier alpha value is -1.25. The van der Waals surface area contributed by atoms with Gasteiger partial charge in [0.2, 0.25) is 0 Å². The second-order valence-electron chi connectivity index (χ2n) is 5.88. The Morgan fingerprint density at radius 2 is 1.71 bits per heavy atom. The van der Waals surface area contributed by atoms with E-state index in [9.17, 15) is 0 Å². The van der Waals surface area contributed by atoms with Gasteiger partial charge in [-0.2, -0.15) is 0 Å². The Labute approximate surface area is 133 Å². The van der Waals surface area contributed by atoms with Crippen LogP contribution in [0.4, 0.5) is 0 Å². The van der Waals surface area contributed by atoms with Crippen molar-refractivity contribution in [1.29, 1.82) is 0 Å². The second-order valence-corrected chi connectivity index (χ2v) is 6.93. The Morgan fingerprint density at radius 1 is 1.00 bits per heavy atom. The Balaban J connectivity index is 1.84. The monoisotopic (exact) mass is 299 g/mol. The zero-order valence-electron chi connectivity index (χ0n) is 13.2. The Morgan fingerprint density at radius 3 is 2.38 bits per heavy atom. The first-order valence-corrected chi connectivity index (χ1v) is 8.60. The summed E-state index contributed by atoms with van der Waals surface area (Å²) in [6.45, 7) is 8.68. The van der Waals surface area contributed by atoms with E-state index in [1.54, 1.807) is 0 Å². The lowest BCUT2D eigenvalue weighted by molar-refractivity contribution is 0.552. The van der Waals surface area contributed by atoms with Crippen LogP contribution in [-0.2, 0) is 12.3 Å². The van der Waals surface area contributed by atoms with Crippen LogP contribution in [0, 0.1) is 12.8 Å². The number of aryl methyl sites for hydroxylation is 1. The van der Waals surface area contributed by atoms with Crippen molar-refractivity contribution in [1.82, 2.24) is 5.32 Å². The van der Waals surface area contributed by atoms with Crippen LogP contribution < -0.4 is 5.32 Å². The molecule has 0 spiro atoms. The first-order valence-electron chi connectivity index (χ1n) is 7.62. The molecule has 0 saturated heterocycles. The highest BCUT2D eigenvalue weighted by molar-refractivity contribution is 7.98. The molecule has 0 amide bonds. The van der Waals surface area contributed by atoms with Crippen LogP contribution in [0.2, 0.25) is 0 Å². The van der Waals surface area contributed by atoms with Gasteiger partial charge in [-0.25, -0.2) is 0 Å². The van der Waals surface area contributed by atoms with Gasteiger partial charge in [0, 0.05) is 17.2 Å². The topological polar surface area (TPSA) is 12.0 Å². The van der Waals surface area contributed by atoms with Crippen molar-refractivity contribution >= 4 is 11.8 Å². The van der Waals surface area contributed by atoms with E-state index in [-0.39, 0.29) is 0 Å². The van der Waals surface area contributed by atoms with E-state index < -0.39 is 0 Å². The summed E-state index contributed by atoms with van der Waals surface area (Å²) in [4.78, 5) is 1.34. The number of hydrogen-bond acceptors (Lipinski definition) is 2. The average molecular weight is 299 g/mol. The SMILES string of the molecule is Cc1ccccc1CSc1ccc(CNCC(C)C)cc1. The molecular weight excluding hydrogens is 274 g/mol. The predicted octanol–water partition coefficient (Wildman–Crippen LogP) is 5.03. The summed E-state index contributed by atoms with van der Waals surface area (Å²) in [5.74, 6) is 1.74. The number of thioether (sulfide) groups is 1. The lowest BCUT2D eigenvalue weighted by Crippen LogP contribution is -2.18. The summed E-state index contributed by atoms with van der Waals surface area (Å²) in [6, 6.07) is 17.5. The molecular formula is C19H25NS. The summed E-state index contributed by atoms with van der Waals surface area (Å²) < 4.78 is 0. The molecule has 0 unspecified atom stereocenters. The summed E-state index contributed by atoms with van der Waals surface area (Å²) in [5.41, 5.74) is 4.15. The van der Waals surface area contributed by atoms with Crippen molar-refractivity contribution in [2.45, 2.75) is 38.0 Å². The smallest absolute Gasteiger partial charge is 0.0234 e. The first kappa shape index (κ1) is 16.1. The number of rotatable bonds is 7. The molecule has 21 heavy (non-hydrogen) atoms. The number of nitrogens with one attached hydrogen (secondary N) is 1. The van der Waals surface area contributed by atoms with Crippen LogP contribution >= 0.6 is 11.8 Å². The van der Waals surface area contributed by atoms with E-state index in [4.69, 9.17) is 0 Å². The van der Waals surface area contributed by atoms with Gasteiger partial charge in [-0.1, -0.05) is 50.2 Å². The lowest BCUT2D eigenvalue weighted by atomic mass is 10.1. The molecule has 0 heterocycles. The quantitative estimate of drug-likeness (QED) is 0.719. The summed E-state index contributed by atoms with van der Waals surface area (Å²) in [7, 11) is 0. The number of hydrogen-bond donors (Lipinski definition) is 1. The average Bonchev–Trinajstić information content (AvgIpc) is 2.47. The van der Waals surface area contributed by atoms with Gasteiger partial charge in [0.15, 0.2) is 0 Å². The van der Waals surface area contributed by atoms with Gasteiger partial charge in [-0.05, 0) is 48.2 Å². The van der Waals surface area contributed by atoms with Gasteiger partial charge in [-0.15, -0.1) is 11.8 Å². The highest BCUT2D eigenvalue weighted by Gasteiger charge is 2.00. The molecule has 2 aromatic carbocycles. The molecule has 0 saturated carbocycles. The molecule has 2 heteroatoms. The fraction of sp³-hybridized carbons (Fsp3) is 0.368. The van der Waals surface area contributed by atoms with Crippen molar-refractivity contribution in [2.24, 2.45) is 5.92 Å². The minimum atomic E-state index is 0.703. The van der Waals surface area contributed by atoms with Crippen molar-refractivity contribution in [3.8, 4) is 0 Å². The molecule has 0 bridgehead atoms. The van der Waals surface area contributed by atoms with Crippen LogP contribution in [0.3, 0.4) is 0 Å². The maximum Gasteiger partial charge on any atom is 0.0234 e. The van der Waals surface area contributed by atoms with Crippen LogP contribution in [0.5, 0.6) is 0 Å². The fourth-order valence-electron chi connectivity index (χ4n) is 2.14. The summed E-state index contributed by atoms with van der Waals surface area (Å²) in [5, 5.41) is 3.48. The molecule has 2 aromatic rings. The molecule has 0 radical (unpaired) electrons. The van der Waals surface area contributed by atoms with Crippen LogP contribution in [0.15, 0.2) is 53.4 Å². The lowest BCUT2D eigenvalue weighted by Gasteiger charge is -2.09. The van der Waals surface area contributed by atoms with Crippen molar-refractivity contribution in [3.05, 3.63) is 65.2 Å². The zero-order valence-corrected chi connectivity index (χ0v) is 14.0. The molecule has 0 fully saturated rings. The van der Waals surface area contributed by atoms with E-state index in [0.717, 1.165) is 18.8 Å². The molecule has 0 aromatic heterocycles. The molecule has 0 aliphatic rings. The highest BCUT2D eigenvalue weighted by Crippen LogP contribution is 2.24. The summed E-state index contributed by atoms with van der Waals surface area (Å²) >= 11 is 1.90. The van der Waals surface area contributed by atoms with Crippen LogP contribution in [-0.4, -0.2) is 6.54 Å². The van der Waals surface area contributed by atoms with Crippen LogP contribution in [0.1, 0.15) is 30.5 Å². The summed E-state index contributed by atoms with van der Waals surface area (Å²) in [6.07, 6.45) is 0. The third kappa shape index (κ3) is 5.56. The maximum absolute atomic E-state index is 3.48. The zero-order chi connectivity index (χ0) is 15.1. The van der Waals surface area contributed by atoms with Gasteiger partial charge in [0.25, 0.3) is 0 Å². The van der Waals surface area contributed by atoms with Gasteiger partial charge in [0.1, 0.15) is 0 Å². The molecule has 0 aliphatic carbocycles. The predicted molar refractivity (Wildman–Crippen MR) is 93.7 cm³/mol. The third-order valence-corrected chi connectivity index (χ3v) is 4.52. The van der Waals surface area contributed by atoms with E-state index in [1.165, 1.54) is 21.6 Å². The molecule has 0 atom stereocenters. The maximum atomic E-state index is 3.48. The molecule has 1 N–H and O–H groups in total. The Bertz CT molecular complexity index is 546. The molecule has 112 valence electrons. The van der Waals surface area contributed by atoms with E-state index >= 15 is 0 Å². The second kappa shape index (κ2) is 8.26. The minimum absolute atomic E-state index is 0.703. The first-order chi connectivity index (χ1) is 10.1. The van der Waals surface area contributed by atoms with Crippen molar-refractivity contribution in [3.63, 3.8) is 0 Å². The molecule has 0 aliphatic heterocycles. The van der Waals surface area contributed by atoms with E-state index in [0.29, 0.717) is 5.92 Å². The highest BCUT2D eigenvalue weighted by atomic mass is 32.2. The van der Waals surface area contributed by atoms with E-state index in [2.05, 4.69) is 74.6 Å². The van der Waals surface area contributed by atoms with Gasteiger partial charge in [-0.3, -0.25) is 0 Å². The van der Waals surface area contributed by atoms with Gasteiger partial charge >= 0.3 is 0 Å². The fourth-order valence-corrected chi connectivity index (χ4v) is 3.12. The largest absolute Gasteiger partial charge is 0.312 e. The van der Waals surface area contributed by atoms with E-state index in [1.807, 2.05) is 11.8 Å². The standard InChI is InChI=1S/C19H25NS/c1-15(2)12-20-13-17-8-10-19(11-9-17)21-14-18-7-5-4-6-16(18)3/h4-11,15,20H,12-14H2,1-3H3. The van der Waals surface area contributed by atoms with Gasteiger partial charge in [0.05, 0.1) is 0 Å².